The van der Waals surface area contributed by atoms with Crippen molar-refractivity contribution in [3.63, 3.8) is 0 Å². The van der Waals surface area contributed by atoms with Crippen LogP contribution < -0.4 is 4.90 Å². The lowest BCUT2D eigenvalue weighted by Crippen LogP contribution is -2.40. The first-order chi connectivity index (χ1) is 14.0. The van der Waals surface area contributed by atoms with Crippen LogP contribution in [0.5, 0.6) is 0 Å². The van der Waals surface area contributed by atoms with E-state index in [1.54, 1.807) is 7.11 Å². The number of benzene rings is 1. The van der Waals surface area contributed by atoms with Gasteiger partial charge in [0.2, 0.25) is 11.8 Å². The molecule has 1 aliphatic heterocycles. The smallest absolute Gasteiger partial charge is 0.249 e. The molecule has 0 radical (unpaired) electrons. The first-order valence-electron chi connectivity index (χ1n) is 10.6. The lowest BCUT2D eigenvalue weighted by atomic mass is 9.98. The van der Waals surface area contributed by atoms with Crippen LogP contribution >= 0.6 is 0 Å². The normalized spacial score (nSPS) is 16.1. The number of amides is 1. The maximum absolute atomic E-state index is 12.8. The van der Waals surface area contributed by atoms with Gasteiger partial charge < -0.3 is 19.1 Å². The number of carbonyl (C=O) groups is 1. The van der Waals surface area contributed by atoms with E-state index in [4.69, 9.17) is 9.26 Å². The summed E-state index contributed by atoms with van der Waals surface area (Å²) in [4.78, 5) is 17.0. The lowest BCUT2D eigenvalue weighted by Gasteiger charge is -2.32. The zero-order chi connectivity index (χ0) is 20.8. The third-order valence-electron chi connectivity index (χ3n) is 5.92. The van der Waals surface area contributed by atoms with E-state index in [1.165, 1.54) is 0 Å². The molecule has 0 spiro atoms. The van der Waals surface area contributed by atoms with Crippen LogP contribution in [0.4, 0.5) is 5.88 Å². The van der Waals surface area contributed by atoms with E-state index in [9.17, 15) is 4.79 Å². The lowest BCUT2D eigenvalue weighted by molar-refractivity contribution is -0.138. The molecule has 2 heterocycles. The van der Waals surface area contributed by atoms with Gasteiger partial charge in [0, 0.05) is 31.8 Å². The van der Waals surface area contributed by atoms with E-state index in [2.05, 4.69) is 30.8 Å². The van der Waals surface area contributed by atoms with Crippen molar-refractivity contribution in [1.82, 2.24) is 10.1 Å². The molecule has 29 heavy (non-hydrogen) atoms. The number of anilines is 1. The van der Waals surface area contributed by atoms with E-state index in [-0.39, 0.29) is 18.6 Å². The Morgan fingerprint density at radius 1 is 1.31 bits per heavy atom. The Morgan fingerprint density at radius 2 is 2.00 bits per heavy atom. The van der Waals surface area contributed by atoms with Crippen LogP contribution in [0.1, 0.15) is 45.6 Å². The summed E-state index contributed by atoms with van der Waals surface area (Å²) in [7, 11) is 1.56. The van der Waals surface area contributed by atoms with E-state index >= 15 is 0 Å². The summed E-state index contributed by atoms with van der Waals surface area (Å²) in [5.74, 6) is 1.51. The summed E-state index contributed by atoms with van der Waals surface area (Å²) < 4.78 is 11.0. The summed E-state index contributed by atoms with van der Waals surface area (Å²) in [5, 5.41) is 4.44. The van der Waals surface area contributed by atoms with Crippen molar-refractivity contribution in [1.29, 1.82) is 0 Å². The maximum Gasteiger partial charge on any atom is 0.249 e. The second kappa shape index (κ2) is 9.92. The minimum Gasteiger partial charge on any atom is -0.375 e. The molecule has 1 saturated heterocycles. The Hall–Kier alpha value is -2.34. The summed E-state index contributed by atoms with van der Waals surface area (Å²) in [5.41, 5.74) is 2.81. The largest absolute Gasteiger partial charge is 0.375 e. The van der Waals surface area contributed by atoms with Gasteiger partial charge in [-0.05, 0) is 32.1 Å². The van der Waals surface area contributed by atoms with Gasteiger partial charge in [-0.25, -0.2) is 0 Å². The third kappa shape index (κ3) is 4.99. The molecule has 1 aromatic heterocycles. The van der Waals surface area contributed by atoms with E-state index in [0.29, 0.717) is 6.54 Å². The number of rotatable bonds is 8. The average molecular weight is 400 g/mol. The van der Waals surface area contributed by atoms with Crippen molar-refractivity contribution in [3.05, 3.63) is 35.9 Å². The fourth-order valence-electron chi connectivity index (χ4n) is 3.81. The molecule has 0 bridgehead atoms. The Labute approximate surface area is 173 Å². The molecule has 1 fully saturated rings. The molecule has 0 unspecified atom stereocenters. The number of piperidine rings is 1. The predicted octanol–water partition coefficient (Wildman–Crippen LogP) is 4.35. The van der Waals surface area contributed by atoms with Crippen molar-refractivity contribution in [2.24, 2.45) is 5.92 Å². The number of carbonyl (C=O) groups excluding carboxylic acids is 1. The highest BCUT2D eigenvalue weighted by Crippen LogP contribution is 2.35. The first kappa shape index (κ1) is 21.4. The van der Waals surface area contributed by atoms with Gasteiger partial charge in [-0.3, -0.25) is 4.79 Å². The topological polar surface area (TPSA) is 58.8 Å². The maximum atomic E-state index is 12.8. The van der Waals surface area contributed by atoms with Gasteiger partial charge in [-0.15, -0.1) is 0 Å². The van der Waals surface area contributed by atoms with Crippen LogP contribution in [-0.4, -0.2) is 48.8 Å². The molecule has 0 aliphatic carbocycles. The second-order valence-electron chi connectivity index (χ2n) is 8.06. The fraction of sp³-hybridized carbons (Fsp3) is 0.565. The molecule has 158 valence electrons. The van der Waals surface area contributed by atoms with Crippen molar-refractivity contribution in [2.45, 2.75) is 52.6 Å². The SMILES string of the molecule is CC[C@H](C)N(Cc1c(-c2ccccc2)noc1N1CCC(C)CC1)C(=O)COC. The van der Waals surface area contributed by atoms with Crippen molar-refractivity contribution < 1.29 is 14.1 Å². The van der Waals surface area contributed by atoms with E-state index in [1.807, 2.05) is 35.2 Å². The number of methoxy groups -OCH3 is 1. The Kier molecular flexibility index (Phi) is 7.31. The number of aromatic nitrogens is 1. The minimum absolute atomic E-state index is 0.0136. The van der Waals surface area contributed by atoms with Crippen LogP contribution in [0.2, 0.25) is 0 Å². The van der Waals surface area contributed by atoms with Crippen LogP contribution in [0.15, 0.2) is 34.9 Å². The molecular formula is C23H33N3O3. The van der Waals surface area contributed by atoms with Gasteiger partial charge in [0.05, 0.1) is 12.1 Å². The number of ether oxygens (including phenoxy) is 1. The van der Waals surface area contributed by atoms with Crippen molar-refractivity contribution in [2.75, 3.05) is 31.7 Å². The number of hydrogen-bond acceptors (Lipinski definition) is 5. The summed E-state index contributed by atoms with van der Waals surface area (Å²) in [6.45, 7) is 8.91. The van der Waals surface area contributed by atoms with Gasteiger partial charge in [-0.2, -0.15) is 0 Å². The van der Waals surface area contributed by atoms with Crippen LogP contribution in [0.3, 0.4) is 0 Å². The molecule has 1 aromatic carbocycles. The Bertz CT molecular complexity index is 782. The molecule has 0 N–H and O–H groups in total. The van der Waals surface area contributed by atoms with Gasteiger partial charge >= 0.3 is 0 Å². The first-order valence-corrected chi connectivity index (χ1v) is 10.6. The molecular weight excluding hydrogens is 366 g/mol. The molecule has 3 rings (SSSR count). The van der Waals surface area contributed by atoms with Crippen LogP contribution in [0.25, 0.3) is 11.3 Å². The van der Waals surface area contributed by atoms with Crippen LogP contribution in [0, 0.1) is 5.92 Å². The monoisotopic (exact) mass is 399 g/mol. The molecule has 1 amide bonds. The number of hydrogen-bond donors (Lipinski definition) is 0. The third-order valence-corrected chi connectivity index (χ3v) is 5.92. The average Bonchev–Trinajstić information content (AvgIpc) is 3.16. The summed E-state index contributed by atoms with van der Waals surface area (Å²) >= 11 is 0. The van der Waals surface area contributed by atoms with Crippen LogP contribution in [-0.2, 0) is 16.1 Å². The predicted molar refractivity (Wildman–Crippen MR) is 115 cm³/mol. The highest BCUT2D eigenvalue weighted by Gasteiger charge is 2.29. The molecule has 1 atom stereocenters. The Morgan fingerprint density at radius 3 is 2.62 bits per heavy atom. The molecule has 6 nitrogen and oxygen atoms in total. The van der Waals surface area contributed by atoms with E-state index < -0.39 is 0 Å². The Balaban J connectivity index is 1.98. The van der Waals surface area contributed by atoms with Gasteiger partial charge in [0.15, 0.2) is 0 Å². The zero-order valence-corrected chi connectivity index (χ0v) is 18.1. The molecule has 6 heteroatoms. The quantitative estimate of drug-likeness (QED) is 0.660. The molecule has 1 aliphatic rings. The van der Waals surface area contributed by atoms with Crippen molar-refractivity contribution >= 4 is 11.8 Å². The highest BCUT2D eigenvalue weighted by atomic mass is 16.5. The molecule has 0 saturated carbocycles. The second-order valence-corrected chi connectivity index (χ2v) is 8.06. The van der Waals surface area contributed by atoms with Crippen molar-refractivity contribution in [3.8, 4) is 11.3 Å². The zero-order valence-electron chi connectivity index (χ0n) is 18.1. The van der Waals surface area contributed by atoms with Gasteiger partial charge in [0.1, 0.15) is 12.3 Å². The fourth-order valence-corrected chi connectivity index (χ4v) is 3.81. The minimum atomic E-state index is -0.0136. The highest BCUT2D eigenvalue weighted by molar-refractivity contribution is 5.78. The summed E-state index contributed by atoms with van der Waals surface area (Å²) in [6.07, 6.45) is 3.15. The molecule has 2 aromatic rings. The number of nitrogens with zero attached hydrogens (tertiary/aromatic N) is 3. The van der Waals surface area contributed by atoms with Gasteiger partial charge in [0.25, 0.3) is 0 Å². The van der Waals surface area contributed by atoms with E-state index in [0.717, 1.165) is 61.0 Å². The summed E-state index contributed by atoms with van der Waals surface area (Å²) in [6, 6.07) is 10.2. The standard InChI is InChI=1S/C23H33N3O3/c1-5-18(3)26(21(27)16-28-4)15-20-22(19-9-7-6-8-10-19)24-29-23(20)25-13-11-17(2)12-14-25/h6-10,17-18H,5,11-16H2,1-4H3/t18-/m0/s1. The van der Waals surface area contributed by atoms with Gasteiger partial charge in [-0.1, -0.05) is 49.3 Å².